The van der Waals surface area contributed by atoms with Crippen molar-refractivity contribution in [3.8, 4) is 0 Å². The monoisotopic (exact) mass is 339 g/mol. The normalized spacial score (nSPS) is 25.3. The summed E-state index contributed by atoms with van der Waals surface area (Å²) in [7, 11) is 1.70. The van der Waals surface area contributed by atoms with Crippen molar-refractivity contribution < 1.29 is 9.59 Å². The number of aliphatic imine (C=N–C) groups is 1. The van der Waals surface area contributed by atoms with Gasteiger partial charge in [0.25, 0.3) is 5.91 Å². The van der Waals surface area contributed by atoms with Crippen LogP contribution in [-0.4, -0.2) is 71.5 Å². The highest BCUT2D eigenvalue weighted by Crippen LogP contribution is 2.33. The van der Waals surface area contributed by atoms with Crippen LogP contribution in [0.5, 0.6) is 0 Å². The number of benzene rings is 1. The molecular weight excluding hydrogens is 318 g/mol. The van der Waals surface area contributed by atoms with Crippen LogP contribution >= 0.6 is 0 Å². The van der Waals surface area contributed by atoms with Crippen LogP contribution in [0.2, 0.25) is 0 Å². The predicted molar refractivity (Wildman–Crippen MR) is 95.3 cm³/mol. The fourth-order valence-corrected chi connectivity index (χ4v) is 3.70. The topological polar surface area (TPSA) is 59.5 Å². The Morgan fingerprint density at radius 1 is 1.24 bits per heavy atom. The molecule has 130 valence electrons. The highest BCUT2D eigenvalue weighted by Gasteiger charge is 2.54. The summed E-state index contributed by atoms with van der Waals surface area (Å²) in [6, 6.07) is 7.47. The molecule has 3 amide bonds. The summed E-state index contributed by atoms with van der Waals surface area (Å²) in [6.07, 6.45) is 1.10. The zero-order chi connectivity index (χ0) is 17.7. The van der Waals surface area contributed by atoms with E-state index >= 15 is 0 Å². The van der Waals surface area contributed by atoms with Crippen molar-refractivity contribution in [1.29, 1.82) is 0 Å². The molecule has 1 aromatic carbocycles. The molecule has 0 aromatic heterocycles. The highest BCUT2D eigenvalue weighted by molar-refractivity contribution is 6.08. The van der Waals surface area contributed by atoms with Crippen LogP contribution in [0.3, 0.4) is 0 Å². The molecule has 2 unspecified atom stereocenters. The summed E-state index contributed by atoms with van der Waals surface area (Å²) in [5.41, 5.74) is 2.25. The van der Waals surface area contributed by atoms with Crippen molar-refractivity contribution in [2.45, 2.75) is 19.1 Å². The van der Waals surface area contributed by atoms with E-state index in [1.807, 2.05) is 4.90 Å². The number of nitrogens with zero attached hydrogens (tertiary/aromatic N) is 5. The molecule has 7 nitrogen and oxygen atoms in total. The van der Waals surface area contributed by atoms with E-state index in [9.17, 15) is 9.59 Å². The summed E-state index contributed by atoms with van der Waals surface area (Å²) >= 11 is 0. The van der Waals surface area contributed by atoms with E-state index in [-0.39, 0.29) is 18.5 Å². The molecule has 0 N–H and O–H groups in total. The first-order chi connectivity index (χ1) is 12.0. The number of hydrogen-bond donors (Lipinski definition) is 0. The predicted octanol–water partition coefficient (Wildman–Crippen LogP) is 1.26. The number of likely N-dealkylation sites (N-methyl/N-ethyl adjacent to an activating group) is 1. The maximum atomic E-state index is 12.9. The van der Waals surface area contributed by atoms with Crippen molar-refractivity contribution >= 4 is 23.6 Å². The van der Waals surface area contributed by atoms with Crippen molar-refractivity contribution in [3.63, 3.8) is 0 Å². The first-order valence-corrected chi connectivity index (χ1v) is 8.40. The largest absolute Gasteiger partial charge is 0.328 e. The summed E-state index contributed by atoms with van der Waals surface area (Å²) < 4.78 is 0. The highest BCUT2D eigenvalue weighted by atomic mass is 16.2. The Morgan fingerprint density at radius 3 is 2.64 bits per heavy atom. The molecule has 0 radical (unpaired) electrons. The lowest BCUT2D eigenvalue weighted by Gasteiger charge is -2.40. The van der Waals surface area contributed by atoms with E-state index in [0.717, 1.165) is 18.2 Å². The van der Waals surface area contributed by atoms with Crippen LogP contribution in [-0.2, 0) is 4.79 Å². The molecule has 2 saturated heterocycles. The number of anilines is 1. The molecule has 7 heteroatoms. The standard InChI is InChI=1S/C18H21N5O2/c1-4-9-23-16(24)14-15(20(3)18(23)25)19-17-21(10-11-22(14)17)13-7-5-12(2)6-8-13/h4-8,14-15H,1,9-11H2,2-3H3. The minimum absolute atomic E-state index is 0.197. The molecular formula is C18H21N5O2. The minimum atomic E-state index is -0.468. The van der Waals surface area contributed by atoms with Gasteiger partial charge < -0.3 is 14.7 Å². The van der Waals surface area contributed by atoms with Crippen LogP contribution in [0.25, 0.3) is 0 Å². The minimum Gasteiger partial charge on any atom is -0.325 e. The number of rotatable bonds is 3. The second-order valence-electron chi connectivity index (χ2n) is 6.60. The van der Waals surface area contributed by atoms with Gasteiger partial charge in [-0.05, 0) is 19.1 Å². The number of aryl methyl sites for hydroxylation is 1. The van der Waals surface area contributed by atoms with E-state index in [1.165, 1.54) is 10.5 Å². The van der Waals surface area contributed by atoms with Gasteiger partial charge in [0, 0.05) is 32.4 Å². The molecule has 3 heterocycles. The van der Waals surface area contributed by atoms with Gasteiger partial charge in [-0.2, -0.15) is 0 Å². The van der Waals surface area contributed by atoms with Crippen molar-refractivity contribution in [3.05, 3.63) is 42.5 Å². The number of fused-ring (bicyclic) bond motifs is 3. The van der Waals surface area contributed by atoms with Crippen LogP contribution in [0.15, 0.2) is 41.9 Å². The number of imide groups is 1. The molecule has 0 bridgehead atoms. The average Bonchev–Trinajstić information content (AvgIpc) is 3.17. The molecule has 2 atom stereocenters. The lowest BCUT2D eigenvalue weighted by Crippen LogP contribution is -2.64. The van der Waals surface area contributed by atoms with Crippen molar-refractivity contribution in [2.75, 3.05) is 31.6 Å². The van der Waals surface area contributed by atoms with Gasteiger partial charge in [0.15, 0.2) is 12.2 Å². The first-order valence-electron chi connectivity index (χ1n) is 8.40. The summed E-state index contributed by atoms with van der Waals surface area (Å²) in [6.45, 7) is 7.40. The maximum Gasteiger partial charge on any atom is 0.328 e. The lowest BCUT2D eigenvalue weighted by atomic mass is 10.1. The Labute approximate surface area is 146 Å². The Hall–Kier alpha value is -2.83. The van der Waals surface area contributed by atoms with Gasteiger partial charge in [-0.15, -0.1) is 6.58 Å². The van der Waals surface area contributed by atoms with E-state index in [1.54, 1.807) is 18.0 Å². The lowest BCUT2D eigenvalue weighted by molar-refractivity contribution is -0.136. The number of carbonyl (C=O) groups excluding carboxylic acids is 2. The van der Waals surface area contributed by atoms with Crippen LogP contribution in [0.1, 0.15) is 5.56 Å². The number of urea groups is 1. The van der Waals surface area contributed by atoms with Gasteiger partial charge in [0.2, 0.25) is 5.96 Å². The number of guanidine groups is 1. The molecule has 0 saturated carbocycles. The quantitative estimate of drug-likeness (QED) is 0.778. The molecule has 25 heavy (non-hydrogen) atoms. The van der Waals surface area contributed by atoms with E-state index in [2.05, 4.69) is 42.7 Å². The third-order valence-electron chi connectivity index (χ3n) is 5.03. The van der Waals surface area contributed by atoms with Crippen LogP contribution in [0.4, 0.5) is 10.5 Å². The molecule has 0 aliphatic carbocycles. The molecule has 3 aliphatic rings. The number of amides is 3. The number of hydrogen-bond acceptors (Lipinski definition) is 5. The Bertz CT molecular complexity index is 772. The molecule has 2 fully saturated rings. The van der Waals surface area contributed by atoms with Crippen LogP contribution in [0, 0.1) is 6.92 Å². The van der Waals surface area contributed by atoms with Gasteiger partial charge in [0.1, 0.15) is 0 Å². The van der Waals surface area contributed by atoms with Gasteiger partial charge in [0.05, 0.1) is 0 Å². The van der Waals surface area contributed by atoms with Gasteiger partial charge in [-0.3, -0.25) is 9.69 Å². The third-order valence-corrected chi connectivity index (χ3v) is 5.03. The summed E-state index contributed by atoms with van der Waals surface area (Å²) in [5, 5.41) is 0. The van der Waals surface area contributed by atoms with Gasteiger partial charge in [-0.25, -0.2) is 9.79 Å². The van der Waals surface area contributed by atoms with Crippen molar-refractivity contribution in [2.24, 2.45) is 4.99 Å². The first kappa shape index (κ1) is 15.7. The van der Waals surface area contributed by atoms with Gasteiger partial charge >= 0.3 is 6.03 Å². The number of carbonyl (C=O) groups is 2. The van der Waals surface area contributed by atoms with Gasteiger partial charge in [-0.1, -0.05) is 23.8 Å². The third kappa shape index (κ3) is 2.22. The second kappa shape index (κ2) is 5.61. The van der Waals surface area contributed by atoms with Crippen molar-refractivity contribution in [1.82, 2.24) is 14.7 Å². The summed E-state index contributed by atoms with van der Waals surface area (Å²) in [5.74, 6) is 0.574. The Morgan fingerprint density at radius 2 is 1.96 bits per heavy atom. The molecule has 3 aliphatic heterocycles. The SMILES string of the molecule is C=CCN1C(=O)C2C(N=C3N(c4ccc(C)cc4)CCN32)N(C)C1=O. The molecule has 4 rings (SSSR count). The summed E-state index contributed by atoms with van der Waals surface area (Å²) in [4.78, 5) is 37.0. The fraction of sp³-hybridized carbons (Fsp3) is 0.389. The van der Waals surface area contributed by atoms with Crippen LogP contribution < -0.4 is 4.90 Å². The van der Waals surface area contributed by atoms with E-state index in [4.69, 9.17) is 4.99 Å². The zero-order valence-electron chi connectivity index (χ0n) is 14.4. The fourth-order valence-electron chi connectivity index (χ4n) is 3.70. The Balaban J connectivity index is 1.67. The average molecular weight is 339 g/mol. The van der Waals surface area contributed by atoms with E-state index < -0.39 is 12.2 Å². The van der Waals surface area contributed by atoms with E-state index in [0.29, 0.717) is 6.54 Å². The molecule has 1 aromatic rings. The molecule has 0 spiro atoms. The second-order valence-corrected chi connectivity index (χ2v) is 6.60. The maximum absolute atomic E-state index is 12.9. The Kier molecular flexibility index (Phi) is 3.52. The smallest absolute Gasteiger partial charge is 0.325 e. The zero-order valence-corrected chi connectivity index (χ0v) is 14.4.